The van der Waals surface area contributed by atoms with E-state index in [4.69, 9.17) is 0 Å². The molecule has 0 aromatic heterocycles. The zero-order valence-corrected chi connectivity index (χ0v) is 19.9. The number of alkyl halides is 3. The second kappa shape index (κ2) is 10.5. The summed E-state index contributed by atoms with van der Waals surface area (Å²) >= 11 is 0. The number of hydrogen-bond acceptors (Lipinski definition) is 2. The van der Waals surface area contributed by atoms with Crippen LogP contribution in [0.5, 0.6) is 0 Å². The van der Waals surface area contributed by atoms with Gasteiger partial charge in [-0.15, -0.1) is 0 Å². The summed E-state index contributed by atoms with van der Waals surface area (Å²) in [4.78, 5) is 17.3. The molecule has 0 fully saturated rings. The molecule has 1 unspecified atom stereocenters. The molecule has 1 N–H and O–H groups in total. The molecule has 7 heteroatoms. The minimum Gasteiger partial charge on any atom is -0.322 e. The Morgan fingerprint density at radius 3 is 2.50 bits per heavy atom. The number of anilines is 1. The average molecular weight is 475 g/mol. The van der Waals surface area contributed by atoms with E-state index in [0.717, 1.165) is 30.4 Å². The molecule has 0 spiro atoms. The molecular formula is C27H30F4N2O. The molecule has 34 heavy (non-hydrogen) atoms. The number of nitrogens with zero attached hydrogens (tertiary/aromatic N) is 1. The van der Waals surface area contributed by atoms with Crippen molar-refractivity contribution in [2.75, 3.05) is 5.32 Å². The second-order valence-corrected chi connectivity index (χ2v) is 8.92. The first kappa shape index (κ1) is 25.7. The lowest BCUT2D eigenvalue weighted by Crippen LogP contribution is -2.28. The number of aryl methyl sites for hydroxylation is 3. The van der Waals surface area contributed by atoms with Crippen LogP contribution in [0.2, 0.25) is 0 Å². The van der Waals surface area contributed by atoms with E-state index in [9.17, 15) is 22.4 Å². The van der Waals surface area contributed by atoms with E-state index in [2.05, 4.69) is 17.2 Å². The summed E-state index contributed by atoms with van der Waals surface area (Å²) in [6, 6.07) is 9.61. The van der Waals surface area contributed by atoms with Crippen LogP contribution in [-0.4, -0.2) is 17.8 Å². The highest BCUT2D eigenvalue weighted by Gasteiger charge is 2.41. The van der Waals surface area contributed by atoms with E-state index < -0.39 is 29.5 Å². The van der Waals surface area contributed by atoms with Crippen LogP contribution in [-0.2, 0) is 11.2 Å². The Bertz CT molecular complexity index is 1130. The van der Waals surface area contributed by atoms with Gasteiger partial charge in [0.05, 0.1) is 5.70 Å². The van der Waals surface area contributed by atoms with Crippen LogP contribution in [0.25, 0.3) is 5.70 Å². The number of amides is 1. The first-order valence-corrected chi connectivity index (χ1v) is 11.6. The molecular weight excluding hydrogens is 444 g/mol. The van der Waals surface area contributed by atoms with Crippen LogP contribution >= 0.6 is 0 Å². The van der Waals surface area contributed by atoms with Crippen LogP contribution < -0.4 is 5.32 Å². The van der Waals surface area contributed by atoms with E-state index in [1.165, 1.54) is 32.0 Å². The van der Waals surface area contributed by atoms with Gasteiger partial charge in [-0.3, -0.25) is 4.79 Å². The van der Waals surface area contributed by atoms with Crippen LogP contribution in [0.4, 0.5) is 23.2 Å². The Morgan fingerprint density at radius 2 is 1.85 bits per heavy atom. The Labute approximate surface area is 198 Å². The van der Waals surface area contributed by atoms with Crippen molar-refractivity contribution in [1.29, 1.82) is 0 Å². The van der Waals surface area contributed by atoms with Crippen LogP contribution in [0.15, 0.2) is 47.0 Å². The van der Waals surface area contributed by atoms with Gasteiger partial charge in [0.25, 0.3) is 5.91 Å². The number of carbonyl (C=O) groups excluding carboxylic acids is 1. The predicted molar refractivity (Wildman–Crippen MR) is 128 cm³/mol. The largest absolute Gasteiger partial charge is 0.429 e. The third kappa shape index (κ3) is 5.93. The molecule has 0 bridgehead atoms. The summed E-state index contributed by atoms with van der Waals surface area (Å²) in [5, 5.41) is 2.86. The summed E-state index contributed by atoms with van der Waals surface area (Å²) in [6.45, 7) is 7.10. The van der Waals surface area contributed by atoms with Crippen LogP contribution in [0.1, 0.15) is 61.8 Å². The van der Waals surface area contributed by atoms with Gasteiger partial charge in [-0.1, -0.05) is 26.3 Å². The van der Waals surface area contributed by atoms with E-state index in [1.54, 1.807) is 6.07 Å². The maximum absolute atomic E-state index is 13.9. The summed E-state index contributed by atoms with van der Waals surface area (Å²) in [7, 11) is 0. The first-order valence-electron chi connectivity index (χ1n) is 11.6. The monoisotopic (exact) mass is 474 g/mol. The zero-order chi connectivity index (χ0) is 25.0. The van der Waals surface area contributed by atoms with Gasteiger partial charge >= 0.3 is 6.18 Å². The minimum absolute atomic E-state index is 0.0596. The van der Waals surface area contributed by atoms with E-state index in [1.807, 2.05) is 19.1 Å². The van der Waals surface area contributed by atoms with Gasteiger partial charge < -0.3 is 5.32 Å². The van der Waals surface area contributed by atoms with Gasteiger partial charge in [-0.25, -0.2) is 9.38 Å². The maximum atomic E-state index is 13.9. The summed E-state index contributed by atoms with van der Waals surface area (Å²) < 4.78 is 55.1. The standard InChI is InChI=1S/C27H30F4N2O/c1-5-6-7-19-15-21(11-8-16(19)2)32-26(34)22-12-9-17(3)25(27(29,30)31)33-24(22)20-10-13-23(28)18(4)14-20/h8,10-11,13-15,17H,5-7,9,12H2,1-4H3,(H,32,34). The van der Waals surface area contributed by atoms with E-state index >= 15 is 0 Å². The molecule has 1 aliphatic heterocycles. The first-order chi connectivity index (χ1) is 16.0. The Hall–Kier alpha value is -2.96. The molecule has 2 aromatic carbocycles. The molecule has 1 heterocycles. The van der Waals surface area contributed by atoms with Crippen LogP contribution in [0.3, 0.4) is 0 Å². The topological polar surface area (TPSA) is 41.5 Å². The lowest BCUT2D eigenvalue weighted by atomic mass is 9.96. The predicted octanol–water partition coefficient (Wildman–Crippen LogP) is 7.57. The van der Waals surface area contributed by atoms with Gasteiger partial charge in [0, 0.05) is 22.7 Å². The lowest BCUT2D eigenvalue weighted by Gasteiger charge is -2.15. The van der Waals surface area contributed by atoms with Crippen molar-refractivity contribution in [3.63, 3.8) is 0 Å². The van der Waals surface area contributed by atoms with E-state index in [-0.39, 0.29) is 35.2 Å². The molecule has 0 aliphatic carbocycles. The normalized spacial score (nSPS) is 16.8. The van der Waals surface area contributed by atoms with Crippen molar-refractivity contribution in [1.82, 2.24) is 0 Å². The van der Waals surface area contributed by atoms with Gasteiger partial charge in [-0.2, -0.15) is 13.2 Å². The number of hydrogen-bond donors (Lipinski definition) is 1. The highest BCUT2D eigenvalue weighted by molar-refractivity contribution is 6.11. The Morgan fingerprint density at radius 1 is 1.12 bits per heavy atom. The molecule has 1 atom stereocenters. The van der Waals surface area contributed by atoms with Gasteiger partial charge in [0.15, 0.2) is 0 Å². The van der Waals surface area contributed by atoms with Gasteiger partial charge in [-0.05, 0) is 86.6 Å². The maximum Gasteiger partial charge on any atom is 0.429 e. The van der Waals surface area contributed by atoms with Crippen molar-refractivity contribution in [3.05, 3.63) is 70.0 Å². The van der Waals surface area contributed by atoms with E-state index in [0.29, 0.717) is 5.69 Å². The number of unbranched alkanes of at least 4 members (excludes halogenated alkanes) is 1. The molecule has 2 aromatic rings. The third-order valence-electron chi connectivity index (χ3n) is 6.21. The number of benzene rings is 2. The average Bonchev–Trinajstić information content (AvgIpc) is 2.95. The Balaban J connectivity index is 2.07. The molecule has 182 valence electrons. The molecule has 3 nitrogen and oxygen atoms in total. The fourth-order valence-corrected chi connectivity index (χ4v) is 4.10. The number of halogens is 4. The van der Waals surface area contributed by atoms with Gasteiger partial charge in [0.1, 0.15) is 11.5 Å². The lowest BCUT2D eigenvalue weighted by molar-refractivity contribution is -0.113. The fourth-order valence-electron chi connectivity index (χ4n) is 4.10. The smallest absolute Gasteiger partial charge is 0.322 e. The van der Waals surface area contributed by atoms with Crippen molar-refractivity contribution in [2.45, 2.75) is 66.0 Å². The molecule has 1 amide bonds. The van der Waals surface area contributed by atoms with Crippen molar-refractivity contribution in [2.24, 2.45) is 10.9 Å². The molecule has 1 aliphatic rings. The summed E-state index contributed by atoms with van der Waals surface area (Å²) in [5.41, 5.74) is 2.55. The highest BCUT2D eigenvalue weighted by atomic mass is 19.4. The molecule has 0 saturated carbocycles. The third-order valence-corrected chi connectivity index (χ3v) is 6.21. The van der Waals surface area contributed by atoms with Crippen molar-refractivity contribution < 1.29 is 22.4 Å². The number of rotatable bonds is 6. The van der Waals surface area contributed by atoms with Gasteiger partial charge in [0.2, 0.25) is 0 Å². The number of aliphatic imine (C=N–C) groups is 1. The van der Waals surface area contributed by atoms with Crippen molar-refractivity contribution in [3.8, 4) is 0 Å². The quantitative estimate of drug-likeness (QED) is 0.431. The molecule has 3 rings (SSSR count). The van der Waals surface area contributed by atoms with Crippen LogP contribution in [0, 0.1) is 25.6 Å². The zero-order valence-electron chi connectivity index (χ0n) is 19.9. The van der Waals surface area contributed by atoms with Crippen molar-refractivity contribution >= 4 is 23.0 Å². The number of carbonyl (C=O) groups is 1. The Kier molecular flexibility index (Phi) is 7.95. The molecule has 0 radical (unpaired) electrons. The molecule has 0 saturated heterocycles. The second-order valence-electron chi connectivity index (χ2n) is 8.92. The fraction of sp³-hybridized carbons (Fsp3) is 0.407. The highest BCUT2D eigenvalue weighted by Crippen LogP contribution is 2.35. The SMILES string of the molecule is CCCCc1cc(NC(=O)C2=C(c3ccc(F)c(C)c3)N=C(C(F)(F)F)C(C)CC2)ccc1C. The minimum atomic E-state index is -4.63. The summed E-state index contributed by atoms with van der Waals surface area (Å²) in [5.74, 6) is -1.85. The summed E-state index contributed by atoms with van der Waals surface area (Å²) in [6.07, 6.45) is -1.44. The number of nitrogens with one attached hydrogen (secondary N) is 1.